The van der Waals surface area contributed by atoms with Crippen LogP contribution in [0.15, 0.2) is 12.1 Å². The molecule has 0 bridgehead atoms. The molecule has 0 atom stereocenters. The molecule has 0 fully saturated rings. The van der Waals surface area contributed by atoms with E-state index < -0.39 is 40.6 Å². The molecule has 0 saturated heterocycles. The molecular formula is C25H37F3O4. The van der Waals surface area contributed by atoms with Crippen LogP contribution >= 0.6 is 0 Å². The summed E-state index contributed by atoms with van der Waals surface area (Å²) in [5.41, 5.74) is -1.63. The smallest absolute Gasteiger partial charge is 0.328 e. The summed E-state index contributed by atoms with van der Waals surface area (Å²) in [4.78, 5) is 25.4. The van der Waals surface area contributed by atoms with Gasteiger partial charge in [0.2, 0.25) is 5.82 Å². The highest BCUT2D eigenvalue weighted by molar-refractivity contribution is 6.00. The zero-order valence-corrected chi connectivity index (χ0v) is 19.6. The van der Waals surface area contributed by atoms with E-state index in [1.54, 1.807) is 13.8 Å². The normalized spacial score (nSPS) is 11.4. The Labute approximate surface area is 189 Å². The van der Waals surface area contributed by atoms with Gasteiger partial charge in [-0.05, 0) is 31.4 Å². The van der Waals surface area contributed by atoms with Gasteiger partial charge in [-0.3, -0.25) is 9.59 Å². The fourth-order valence-corrected chi connectivity index (χ4v) is 3.59. The Morgan fingerprint density at radius 2 is 1.28 bits per heavy atom. The zero-order valence-electron chi connectivity index (χ0n) is 19.6. The van der Waals surface area contributed by atoms with E-state index >= 15 is 0 Å². The molecule has 1 rings (SSSR count). The van der Waals surface area contributed by atoms with E-state index in [-0.39, 0.29) is 19.4 Å². The number of benzene rings is 1. The van der Waals surface area contributed by atoms with Crippen molar-refractivity contribution in [2.75, 3.05) is 6.61 Å². The van der Waals surface area contributed by atoms with E-state index in [0.29, 0.717) is 12.5 Å². The Hall–Kier alpha value is -2.05. The molecule has 182 valence electrons. The second kappa shape index (κ2) is 14.9. The van der Waals surface area contributed by atoms with E-state index in [0.717, 1.165) is 25.3 Å². The first-order valence-electron chi connectivity index (χ1n) is 11.9. The lowest BCUT2D eigenvalue weighted by atomic mass is 9.82. The van der Waals surface area contributed by atoms with Gasteiger partial charge in [-0.1, -0.05) is 78.6 Å². The minimum absolute atomic E-state index is 0.0739. The molecule has 32 heavy (non-hydrogen) atoms. The van der Waals surface area contributed by atoms with Crippen LogP contribution in [0, 0.1) is 22.9 Å². The maximum Gasteiger partial charge on any atom is 0.328 e. The predicted molar refractivity (Wildman–Crippen MR) is 118 cm³/mol. The lowest BCUT2D eigenvalue weighted by Crippen LogP contribution is -2.42. The average molecular weight is 459 g/mol. The molecule has 4 nitrogen and oxygen atoms in total. The number of rotatable bonds is 16. The van der Waals surface area contributed by atoms with Gasteiger partial charge in [0, 0.05) is 0 Å². The largest absolute Gasteiger partial charge is 0.465 e. The fourth-order valence-electron chi connectivity index (χ4n) is 3.59. The highest BCUT2D eigenvalue weighted by Gasteiger charge is 2.46. The van der Waals surface area contributed by atoms with Gasteiger partial charge < -0.3 is 9.47 Å². The number of ether oxygens (including phenoxy) is 2. The maximum absolute atomic E-state index is 13.9. The van der Waals surface area contributed by atoms with Crippen LogP contribution in [-0.4, -0.2) is 18.5 Å². The van der Waals surface area contributed by atoms with E-state index in [1.165, 1.54) is 38.5 Å². The first-order chi connectivity index (χ1) is 15.3. The molecule has 1 aromatic rings. The molecule has 0 unspecified atom stereocenters. The Balaban J connectivity index is 2.48. The number of hydrogen-bond acceptors (Lipinski definition) is 4. The zero-order chi connectivity index (χ0) is 24.0. The first kappa shape index (κ1) is 28.0. The van der Waals surface area contributed by atoms with Crippen molar-refractivity contribution in [3.05, 3.63) is 29.6 Å². The number of hydrogen-bond donors (Lipinski definition) is 0. The van der Waals surface area contributed by atoms with Crippen LogP contribution in [0.2, 0.25) is 0 Å². The van der Waals surface area contributed by atoms with Gasteiger partial charge in [0.25, 0.3) is 0 Å². The van der Waals surface area contributed by atoms with Crippen molar-refractivity contribution >= 4 is 11.9 Å². The van der Waals surface area contributed by atoms with Crippen molar-refractivity contribution < 1.29 is 32.2 Å². The van der Waals surface area contributed by atoms with Gasteiger partial charge in [-0.25, -0.2) is 8.78 Å². The van der Waals surface area contributed by atoms with E-state index in [2.05, 4.69) is 6.92 Å². The SMILES string of the molecule is CCCCCCCCCCCCOC(=O)C(CC)(CC)C(=O)Oc1ccc(F)c(F)c1F. The summed E-state index contributed by atoms with van der Waals surface area (Å²) in [6.07, 6.45) is 11.6. The minimum Gasteiger partial charge on any atom is -0.465 e. The Bertz CT molecular complexity index is 717. The highest BCUT2D eigenvalue weighted by atomic mass is 19.2. The number of carbonyl (C=O) groups excluding carboxylic acids is 2. The topological polar surface area (TPSA) is 52.6 Å². The van der Waals surface area contributed by atoms with Gasteiger partial charge in [-0.15, -0.1) is 0 Å². The van der Waals surface area contributed by atoms with Crippen LogP contribution in [0.4, 0.5) is 13.2 Å². The Kier molecular flexibility index (Phi) is 13.0. The second-order valence-electron chi connectivity index (χ2n) is 8.17. The summed E-state index contributed by atoms with van der Waals surface area (Å²) in [5, 5.41) is 0. The van der Waals surface area contributed by atoms with Gasteiger partial charge in [0.15, 0.2) is 22.8 Å². The molecule has 1 aromatic carbocycles. The number of carbonyl (C=O) groups is 2. The van der Waals surface area contributed by atoms with Crippen molar-refractivity contribution in [3.8, 4) is 5.75 Å². The Morgan fingerprint density at radius 1 is 0.750 bits per heavy atom. The van der Waals surface area contributed by atoms with Crippen LogP contribution < -0.4 is 4.74 Å². The molecular weight excluding hydrogens is 421 g/mol. The summed E-state index contributed by atoms with van der Waals surface area (Å²) >= 11 is 0. The molecule has 0 aromatic heterocycles. The molecule has 0 amide bonds. The predicted octanol–water partition coefficient (Wildman–Crippen LogP) is 7.28. The first-order valence-corrected chi connectivity index (χ1v) is 11.9. The second-order valence-corrected chi connectivity index (χ2v) is 8.17. The summed E-state index contributed by atoms with van der Waals surface area (Å²) in [5.74, 6) is -7.29. The van der Waals surface area contributed by atoms with Crippen LogP contribution in [0.3, 0.4) is 0 Å². The number of esters is 2. The minimum atomic E-state index is -1.74. The average Bonchev–Trinajstić information content (AvgIpc) is 2.79. The van der Waals surface area contributed by atoms with Gasteiger partial charge in [0.1, 0.15) is 0 Å². The standard InChI is InChI=1S/C25H37F3O4/c1-4-7-8-9-10-11-12-13-14-15-18-31-23(29)25(5-2,6-3)24(30)32-20-17-16-19(26)21(27)22(20)28/h16-17H,4-15,18H2,1-3H3. The number of unbranched alkanes of at least 4 members (excludes halogenated alkanes) is 9. The summed E-state index contributed by atoms with van der Waals surface area (Å²) in [6.45, 7) is 5.62. The van der Waals surface area contributed by atoms with E-state index in [4.69, 9.17) is 9.47 Å². The monoisotopic (exact) mass is 458 g/mol. The van der Waals surface area contributed by atoms with Crippen molar-refractivity contribution in [3.63, 3.8) is 0 Å². The van der Waals surface area contributed by atoms with Crippen molar-refractivity contribution in [1.82, 2.24) is 0 Å². The van der Waals surface area contributed by atoms with Crippen molar-refractivity contribution in [2.24, 2.45) is 5.41 Å². The van der Waals surface area contributed by atoms with Gasteiger partial charge >= 0.3 is 11.9 Å². The molecule has 0 heterocycles. The van der Waals surface area contributed by atoms with Crippen molar-refractivity contribution in [2.45, 2.75) is 97.8 Å². The summed E-state index contributed by atoms with van der Waals surface area (Å²) in [7, 11) is 0. The van der Waals surface area contributed by atoms with E-state index in [1.807, 2.05) is 0 Å². The lowest BCUT2D eigenvalue weighted by Gasteiger charge is -2.26. The van der Waals surface area contributed by atoms with E-state index in [9.17, 15) is 22.8 Å². The van der Waals surface area contributed by atoms with Crippen LogP contribution in [-0.2, 0) is 14.3 Å². The Morgan fingerprint density at radius 3 is 1.81 bits per heavy atom. The third-order valence-electron chi connectivity index (χ3n) is 5.92. The molecule has 7 heteroatoms. The van der Waals surface area contributed by atoms with Gasteiger partial charge in [-0.2, -0.15) is 4.39 Å². The molecule has 0 aliphatic carbocycles. The fraction of sp³-hybridized carbons (Fsp3) is 0.680. The van der Waals surface area contributed by atoms with Crippen LogP contribution in [0.5, 0.6) is 5.75 Å². The number of halogens is 3. The third kappa shape index (κ3) is 8.14. The summed E-state index contributed by atoms with van der Waals surface area (Å²) < 4.78 is 50.6. The molecule has 0 radical (unpaired) electrons. The highest BCUT2D eigenvalue weighted by Crippen LogP contribution is 2.32. The molecule has 0 spiro atoms. The molecule has 0 aliphatic rings. The van der Waals surface area contributed by atoms with Gasteiger partial charge in [0.05, 0.1) is 6.61 Å². The van der Waals surface area contributed by atoms with Crippen molar-refractivity contribution in [1.29, 1.82) is 0 Å². The third-order valence-corrected chi connectivity index (χ3v) is 5.92. The van der Waals surface area contributed by atoms with Crippen LogP contribution in [0.25, 0.3) is 0 Å². The molecule has 0 saturated carbocycles. The lowest BCUT2D eigenvalue weighted by molar-refractivity contribution is -0.168. The quantitative estimate of drug-likeness (QED) is 0.0859. The molecule has 0 N–H and O–H groups in total. The molecule has 0 aliphatic heterocycles. The van der Waals surface area contributed by atoms with Crippen LogP contribution in [0.1, 0.15) is 97.8 Å². The summed E-state index contributed by atoms with van der Waals surface area (Å²) in [6, 6.07) is 1.47. The maximum atomic E-state index is 13.9.